The first-order chi connectivity index (χ1) is 5.61. The highest BCUT2D eigenvalue weighted by Gasteiger charge is 2.22. The van der Waals surface area contributed by atoms with E-state index in [0.717, 1.165) is 0 Å². The van der Waals surface area contributed by atoms with Crippen LogP contribution in [0.2, 0.25) is 0 Å². The van der Waals surface area contributed by atoms with E-state index in [9.17, 15) is 4.79 Å². The van der Waals surface area contributed by atoms with Gasteiger partial charge < -0.3 is 15.7 Å². The molecule has 1 rings (SSSR count). The van der Waals surface area contributed by atoms with E-state index in [1.165, 1.54) is 0 Å². The van der Waals surface area contributed by atoms with Crippen molar-refractivity contribution in [2.75, 3.05) is 13.3 Å². The lowest BCUT2D eigenvalue weighted by Gasteiger charge is -2.31. The average molecular weight is 189 g/mol. The molecule has 68 valence electrons. The number of nitrogens with one attached hydrogen (secondary N) is 2. The molecule has 6 heteroatoms. The number of carboxylic acid groups (broad SMARTS) is 1. The van der Waals surface area contributed by atoms with Crippen molar-refractivity contribution in [3.63, 3.8) is 0 Å². The van der Waals surface area contributed by atoms with Crippen molar-refractivity contribution in [2.45, 2.75) is 13.0 Å². The van der Waals surface area contributed by atoms with Gasteiger partial charge in [0.25, 0.3) is 0 Å². The van der Waals surface area contributed by atoms with Crippen LogP contribution in [0.1, 0.15) is 6.92 Å². The number of rotatable bonds is 2. The Labute approximate surface area is 75.7 Å². The molecule has 12 heavy (non-hydrogen) atoms. The Morgan fingerprint density at radius 3 is 2.58 bits per heavy atom. The maximum absolute atomic E-state index is 10.6. The van der Waals surface area contributed by atoms with E-state index in [1.54, 1.807) is 11.8 Å². The Hall–Kier alpha value is -0.880. The van der Waals surface area contributed by atoms with Gasteiger partial charge in [0.05, 0.1) is 13.3 Å². The third-order valence-corrected chi connectivity index (χ3v) is 2.08. The predicted molar refractivity (Wildman–Crippen MR) is 47.5 cm³/mol. The maximum atomic E-state index is 10.6. The highest BCUT2D eigenvalue weighted by atomic mass is 32.1. The topological polar surface area (TPSA) is 64.6 Å². The molecule has 0 aliphatic carbocycles. The summed E-state index contributed by atoms with van der Waals surface area (Å²) in [4.78, 5) is 12.3. The Morgan fingerprint density at radius 1 is 1.67 bits per heavy atom. The van der Waals surface area contributed by atoms with Gasteiger partial charge in [-0.1, -0.05) is 0 Å². The van der Waals surface area contributed by atoms with E-state index in [1.807, 2.05) is 0 Å². The van der Waals surface area contributed by atoms with Crippen molar-refractivity contribution >= 4 is 23.3 Å². The van der Waals surface area contributed by atoms with E-state index < -0.39 is 12.0 Å². The molecular weight excluding hydrogens is 178 g/mol. The molecular formula is C6H11N3O2S. The van der Waals surface area contributed by atoms with Crippen LogP contribution >= 0.6 is 12.2 Å². The Balaban J connectivity index is 2.44. The number of hydrogen-bond donors (Lipinski definition) is 3. The van der Waals surface area contributed by atoms with E-state index in [-0.39, 0.29) is 0 Å². The van der Waals surface area contributed by atoms with E-state index >= 15 is 0 Å². The van der Waals surface area contributed by atoms with Gasteiger partial charge in [0.15, 0.2) is 5.11 Å². The van der Waals surface area contributed by atoms with Gasteiger partial charge in [-0.05, 0) is 19.1 Å². The largest absolute Gasteiger partial charge is 0.480 e. The summed E-state index contributed by atoms with van der Waals surface area (Å²) in [5, 5.41) is 14.9. The first-order valence-corrected chi connectivity index (χ1v) is 4.00. The minimum atomic E-state index is -0.827. The van der Waals surface area contributed by atoms with Crippen molar-refractivity contribution in [1.29, 1.82) is 0 Å². The Morgan fingerprint density at radius 2 is 2.17 bits per heavy atom. The highest BCUT2D eigenvalue weighted by Crippen LogP contribution is 1.98. The molecule has 0 aromatic carbocycles. The summed E-state index contributed by atoms with van der Waals surface area (Å²) in [5.74, 6) is -0.827. The van der Waals surface area contributed by atoms with Crippen LogP contribution in [-0.4, -0.2) is 40.5 Å². The van der Waals surface area contributed by atoms with Crippen molar-refractivity contribution in [2.24, 2.45) is 0 Å². The maximum Gasteiger partial charge on any atom is 0.320 e. The molecule has 0 saturated carbocycles. The second-order valence-electron chi connectivity index (χ2n) is 2.60. The minimum Gasteiger partial charge on any atom is -0.480 e. The highest BCUT2D eigenvalue weighted by molar-refractivity contribution is 7.80. The number of nitrogens with zero attached hydrogens (tertiary/aromatic N) is 1. The summed E-state index contributed by atoms with van der Waals surface area (Å²) < 4.78 is 0. The molecule has 0 unspecified atom stereocenters. The molecule has 3 N–H and O–H groups in total. The van der Waals surface area contributed by atoms with Crippen LogP contribution in [0.25, 0.3) is 0 Å². The van der Waals surface area contributed by atoms with Gasteiger partial charge in [0.2, 0.25) is 0 Å². The smallest absolute Gasteiger partial charge is 0.320 e. The van der Waals surface area contributed by atoms with Gasteiger partial charge in [-0.2, -0.15) is 0 Å². The number of carbonyl (C=O) groups is 1. The number of thiocarbonyl (C=S) groups is 1. The van der Waals surface area contributed by atoms with Crippen LogP contribution in [0.4, 0.5) is 0 Å². The minimum absolute atomic E-state index is 0.485. The summed E-state index contributed by atoms with van der Waals surface area (Å²) in [6.45, 7) is 2.61. The fourth-order valence-corrected chi connectivity index (χ4v) is 1.02. The molecule has 1 aliphatic heterocycles. The van der Waals surface area contributed by atoms with Crippen molar-refractivity contribution in [3.8, 4) is 0 Å². The van der Waals surface area contributed by atoms with Crippen LogP contribution in [0, 0.1) is 0 Å². The zero-order valence-corrected chi connectivity index (χ0v) is 7.52. The van der Waals surface area contributed by atoms with Crippen molar-refractivity contribution in [3.05, 3.63) is 0 Å². The molecule has 5 nitrogen and oxygen atoms in total. The van der Waals surface area contributed by atoms with Crippen LogP contribution in [0.5, 0.6) is 0 Å². The van der Waals surface area contributed by atoms with Gasteiger partial charge in [0, 0.05) is 0 Å². The zero-order valence-electron chi connectivity index (χ0n) is 6.70. The quantitative estimate of drug-likeness (QED) is 0.492. The Kier molecular flexibility index (Phi) is 2.83. The fourth-order valence-electron chi connectivity index (χ4n) is 0.895. The predicted octanol–water partition coefficient (Wildman–Crippen LogP) is -0.846. The lowest BCUT2D eigenvalue weighted by atomic mass is 10.3. The van der Waals surface area contributed by atoms with Gasteiger partial charge >= 0.3 is 5.97 Å². The van der Waals surface area contributed by atoms with Gasteiger partial charge in [-0.15, -0.1) is 0 Å². The van der Waals surface area contributed by atoms with E-state index in [2.05, 4.69) is 10.6 Å². The molecule has 0 radical (unpaired) electrons. The second-order valence-corrected chi connectivity index (χ2v) is 3.01. The summed E-state index contributed by atoms with van der Waals surface area (Å²) in [7, 11) is 0. The SMILES string of the molecule is C[C@H](C(=O)O)N1CNC(=S)NC1. The zero-order chi connectivity index (χ0) is 9.14. The standard InChI is InChI=1S/C6H11N3O2S/c1-4(5(10)11)9-2-7-6(12)8-3-9/h4H,2-3H2,1H3,(H,10,11)(H2,7,8,12)/t4-/m1/s1. The summed E-state index contributed by atoms with van der Waals surface area (Å²) >= 11 is 4.81. The summed E-state index contributed by atoms with van der Waals surface area (Å²) in [6.07, 6.45) is 0. The lowest BCUT2D eigenvalue weighted by molar-refractivity contribution is -0.142. The fraction of sp³-hybridized carbons (Fsp3) is 0.667. The van der Waals surface area contributed by atoms with Gasteiger partial charge in [-0.25, -0.2) is 0 Å². The molecule has 0 spiro atoms. The summed E-state index contributed by atoms with van der Waals surface area (Å²) in [5.41, 5.74) is 0. The molecule has 0 bridgehead atoms. The number of aliphatic carboxylic acids is 1. The normalized spacial score (nSPS) is 20.9. The average Bonchev–Trinajstić information content (AvgIpc) is 2.04. The van der Waals surface area contributed by atoms with Gasteiger partial charge in [-0.3, -0.25) is 9.69 Å². The van der Waals surface area contributed by atoms with Crippen LogP contribution in [0.3, 0.4) is 0 Å². The molecule has 0 amide bonds. The molecule has 1 heterocycles. The molecule has 1 atom stereocenters. The molecule has 0 aromatic heterocycles. The van der Waals surface area contributed by atoms with Gasteiger partial charge in [0.1, 0.15) is 6.04 Å². The third-order valence-electron chi connectivity index (χ3n) is 1.79. The molecule has 1 aliphatic rings. The van der Waals surface area contributed by atoms with Crippen molar-refractivity contribution < 1.29 is 9.90 Å². The monoisotopic (exact) mass is 189 g/mol. The molecule has 0 aromatic rings. The first-order valence-electron chi connectivity index (χ1n) is 3.60. The second kappa shape index (κ2) is 3.68. The molecule has 1 saturated heterocycles. The van der Waals surface area contributed by atoms with E-state index in [0.29, 0.717) is 18.4 Å². The lowest BCUT2D eigenvalue weighted by Crippen LogP contribution is -2.57. The van der Waals surface area contributed by atoms with Crippen LogP contribution < -0.4 is 10.6 Å². The van der Waals surface area contributed by atoms with Crippen molar-refractivity contribution in [1.82, 2.24) is 15.5 Å². The van der Waals surface area contributed by atoms with Crippen LogP contribution in [0.15, 0.2) is 0 Å². The number of carboxylic acids is 1. The Bertz CT molecular complexity index is 199. The summed E-state index contributed by atoms with van der Waals surface area (Å²) in [6, 6.07) is -0.493. The number of hydrogen-bond acceptors (Lipinski definition) is 3. The third kappa shape index (κ3) is 2.05. The van der Waals surface area contributed by atoms with E-state index in [4.69, 9.17) is 17.3 Å². The van der Waals surface area contributed by atoms with Crippen LogP contribution in [-0.2, 0) is 4.79 Å². The first kappa shape index (κ1) is 9.21. The molecule has 1 fully saturated rings.